The topological polar surface area (TPSA) is 89.2 Å². The molecule has 6 nitrogen and oxygen atoms in total. The van der Waals surface area contributed by atoms with E-state index in [-0.39, 0.29) is 31.2 Å². The van der Waals surface area contributed by atoms with Crippen molar-refractivity contribution < 1.29 is 9.59 Å². The summed E-state index contributed by atoms with van der Waals surface area (Å²) in [5, 5.41) is 0. The maximum Gasteiger partial charge on any atom is 0.230 e. The van der Waals surface area contributed by atoms with Gasteiger partial charge in [-0.15, -0.1) is 0 Å². The van der Waals surface area contributed by atoms with E-state index in [0.717, 1.165) is 5.69 Å². The van der Waals surface area contributed by atoms with E-state index in [1.165, 1.54) is 4.90 Å². The minimum Gasteiger partial charge on any atom is -0.384 e. The highest BCUT2D eigenvalue weighted by molar-refractivity contribution is 6.01. The summed E-state index contributed by atoms with van der Waals surface area (Å²) >= 11 is 0. The van der Waals surface area contributed by atoms with Crippen LogP contribution < -0.4 is 5.73 Å². The monoisotopic (exact) mass is 220 g/mol. The van der Waals surface area contributed by atoms with Gasteiger partial charge in [0.25, 0.3) is 0 Å². The molecular formula is C10H12N4O2. The van der Waals surface area contributed by atoms with Gasteiger partial charge in [0.15, 0.2) is 5.82 Å². The van der Waals surface area contributed by atoms with Crippen molar-refractivity contribution in [3.63, 3.8) is 0 Å². The first-order valence-electron chi connectivity index (χ1n) is 4.99. The zero-order valence-electron chi connectivity index (χ0n) is 8.93. The molecule has 0 atom stereocenters. The number of carbonyl (C=O) groups is 2. The molecular weight excluding hydrogens is 208 g/mol. The molecule has 1 aliphatic rings. The fourth-order valence-electron chi connectivity index (χ4n) is 1.67. The van der Waals surface area contributed by atoms with Crippen LogP contribution in [0.5, 0.6) is 0 Å². The van der Waals surface area contributed by atoms with Crippen molar-refractivity contribution in [2.24, 2.45) is 0 Å². The van der Waals surface area contributed by atoms with E-state index in [1.54, 1.807) is 13.0 Å². The minimum atomic E-state index is -0.173. The molecule has 0 aliphatic carbocycles. The Labute approximate surface area is 92.5 Å². The third-order valence-electron chi connectivity index (χ3n) is 2.37. The second-order valence-corrected chi connectivity index (χ2v) is 3.72. The van der Waals surface area contributed by atoms with Crippen molar-refractivity contribution >= 4 is 17.6 Å². The van der Waals surface area contributed by atoms with Gasteiger partial charge in [-0.1, -0.05) is 0 Å². The van der Waals surface area contributed by atoms with Crippen molar-refractivity contribution in [3.05, 3.63) is 17.6 Å². The molecule has 2 amide bonds. The van der Waals surface area contributed by atoms with E-state index in [4.69, 9.17) is 5.73 Å². The fourth-order valence-corrected chi connectivity index (χ4v) is 1.67. The Kier molecular flexibility index (Phi) is 2.55. The summed E-state index contributed by atoms with van der Waals surface area (Å²) in [5.74, 6) is 0.407. The van der Waals surface area contributed by atoms with Crippen LogP contribution in [0.15, 0.2) is 6.07 Å². The number of imide groups is 1. The third-order valence-corrected chi connectivity index (χ3v) is 2.37. The lowest BCUT2D eigenvalue weighted by Crippen LogP contribution is -2.29. The van der Waals surface area contributed by atoms with Gasteiger partial charge < -0.3 is 5.73 Å². The van der Waals surface area contributed by atoms with Crippen molar-refractivity contribution in [2.75, 3.05) is 5.73 Å². The van der Waals surface area contributed by atoms with Crippen LogP contribution in [0.4, 0.5) is 5.82 Å². The molecule has 0 aromatic carbocycles. The highest BCUT2D eigenvalue weighted by Crippen LogP contribution is 2.14. The van der Waals surface area contributed by atoms with Crippen LogP contribution in [0.3, 0.4) is 0 Å². The third kappa shape index (κ3) is 2.00. The zero-order valence-corrected chi connectivity index (χ0v) is 8.93. The molecule has 0 spiro atoms. The first-order valence-corrected chi connectivity index (χ1v) is 4.99. The van der Waals surface area contributed by atoms with E-state index < -0.39 is 0 Å². The number of nitrogens with two attached hydrogens (primary N) is 1. The van der Waals surface area contributed by atoms with E-state index in [0.29, 0.717) is 11.6 Å². The van der Waals surface area contributed by atoms with E-state index in [2.05, 4.69) is 9.97 Å². The molecule has 0 bridgehead atoms. The molecule has 16 heavy (non-hydrogen) atoms. The molecule has 2 rings (SSSR count). The molecule has 1 fully saturated rings. The number of hydrogen-bond acceptors (Lipinski definition) is 5. The molecule has 84 valence electrons. The molecule has 2 N–H and O–H groups in total. The maximum atomic E-state index is 11.4. The largest absolute Gasteiger partial charge is 0.384 e. The molecule has 0 unspecified atom stereocenters. The first kappa shape index (κ1) is 10.5. The lowest BCUT2D eigenvalue weighted by Gasteiger charge is -2.12. The number of carbonyl (C=O) groups excluding carboxylic acids is 2. The van der Waals surface area contributed by atoms with Crippen molar-refractivity contribution in [3.8, 4) is 0 Å². The van der Waals surface area contributed by atoms with Gasteiger partial charge in [-0.05, 0) is 6.92 Å². The fraction of sp³-hybridized carbons (Fsp3) is 0.400. The average molecular weight is 220 g/mol. The molecule has 1 aromatic rings. The van der Waals surface area contributed by atoms with E-state index >= 15 is 0 Å². The summed E-state index contributed by atoms with van der Waals surface area (Å²) in [5.41, 5.74) is 6.29. The quantitative estimate of drug-likeness (QED) is 0.709. The summed E-state index contributed by atoms with van der Waals surface area (Å²) < 4.78 is 0. The zero-order chi connectivity index (χ0) is 11.7. The van der Waals surface area contributed by atoms with Crippen molar-refractivity contribution in [1.29, 1.82) is 0 Å². The maximum absolute atomic E-state index is 11.4. The Morgan fingerprint density at radius 1 is 1.31 bits per heavy atom. The van der Waals surface area contributed by atoms with Gasteiger partial charge in [-0.3, -0.25) is 14.5 Å². The van der Waals surface area contributed by atoms with Crippen molar-refractivity contribution in [1.82, 2.24) is 14.9 Å². The first-order chi connectivity index (χ1) is 7.56. The Balaban J connectivity index is 2.20. The number of aryl methyl sites for hydroxylation is 1. The minimum absolute atomic E-state index is 0.115. The van der Waals surface area contributed by atoms with E-state index in [9.17, 15) is 9.59 Å². The Hall–Kier alpha value is -1.98. The van der Waals surface area contributed by atoms with Gasteiger partial charge in [-0.2, -0.15) is 0 Å². The van der Waals surface area contributed by atoms with E-state index in [1.807, 2.05) is 0 Å². The highest BCUT2D eigenvalue weighted by Gasteiger charge is 2.29. The number of nitrogens with zero attached hydrogens (tertiary/aromatic N) is 3. The smallest absolute Gasteiger partial charge is 0.230 e. The molecule has 0 radical (unpaired) electrons. The summed E-state index contributed by atoms with van der Waals surface area (Å²) in [4.78, 5) is 32.0. The summed E-state index contributed by atoms with van der Waals surface area (Å²) in [6, 6.07) is 1.64. The Morgan fingerprint density at radius 3 is 2.50 bits per heavy atom. The summed E-state index contributed by atoms with van der Waals surface area (Å²) in [6.07, 6.45) is 0.556. The van der Waals surface area contributed by atoms with Crippen LogP contribution in [0, 0.1) is 6.92 Å². The van der Waals surface area contributed by atoms with Gasteiger partial charge in [0.1, 0.15) is 5.82 Å². The summed E-state index contributed by atoms with van der Waals surface area (Å²) in [6.45, 7) is 1.90. The average Bonchev–Trinajstić information content (AvgIpc) is 2.48. The van der Waals surface area contributed by atoms with Gasteiger partial charge in [0.2, 0.25) is 11.8 Å². The van der Waals surface area contributed by atoms with Gasteiger partial charge >= 0.3 is 0 Å². The molecule has 1 aromatic heterocycles. The number of amides is 2. The van der Waals surface area contributed by atoms with Crippen LogP contribution in [0.1, 0.15) is 24.4 Å². The molecule has 6 heteroatoms. The summed E-state index contributed by atoms with van der Waals surface area (Å²) in [7, 11) is 0. The Bertz CT molecular complexity index is 422. The predicted molar refractivity (Wildman–Crippen MR) is 56.0 cm³/mol. The number of anilines is 1. The van der Waals surface area contributed by atoms with Crippen LogP contribution in [0.2, 0.25) is 0 Å². The van der Waals surface area contributed by atoms with Crippen LogP contribution >= 0.6 is 0 Å². The number of hydrogen-bond donors (Lipinski definition) is 1. The lowest BCUT2D eigenvalue weighted by atomic mass is 10.4. The molecule has 1 aliphatic heterocycles. The standard InChI is InChI=1S/C10H12N4O2/c1-6-4-7(11)13-8(12-6)5-14-9(15)2-3-10(14)16/h4H,2-3,5H2,1H3,(H2,11,12,13). The van der Waals surface area contributed by atoms with Gasteiger partial charge in [0, 0.05) is 24.6 Å². The normalized spacial score (nSPS) is 15.9. The van der Waals surface area contributed by atoms with Crippen LogP contribution in [-0.4, -0.2) is 26.7 Å². The highest BCUT2D eigenvalue weighted by atomic mass is 16.2. The second-order valence-electron chi connectivity index (χ2n) is 3.72. The SMILES string of the molecule is Cc1cc(N)nc(CN2C(=O)CCC2=O)n1. The number of rotatable bonds is 2. The molecule has 1 saturated heterocycles. The van der Waals surface area contributed by atoms with Crippen LogP contribution in [-0.2, 0) is 16.1 Å². The van der Waals surface area contributed by atoms with Crippen molar-refractivity contribution in [2.45, 2.75) is 26.3 Å². The second kappa shape index (κ2) is 3.88. The predicted octanol–water partition coefficient (Wildman–Crippen LogP) is 0.0162. The molecule has 0 saturated carbocycles. The number of likely N-dealkylation sites (tertiary alicyclic amines) is 1. The lowest BCUT2D eigenvalue weighted by molar-refractivity contribution is -0.139. The van der Waals surface area contributed by atoms with Gasteiger partial charge in [-0.25, -0.2) is 9.97 Å². The van der Waals surface area contributed by atoms with Gasteiger partial charge in [0.05, 0.1) is 6.54 Å². The number of aromatic nitrogens is 2. The molecule has 2 heterocycles. The Morgan fingerprint density at radius 2 is 1.94 bits per heavy atom. The number of nitrogen functional groups attached to an aromatic ring is 1. The van der Waals surface area contributed by atoms with Crippen LogP contribution in [0.25, 0.3) is 0 Å².